The van der Waals surface area contributed by atoms with Crippen LogP contribution >= 0.6 is 0 Å². The molecule has 0 saturated heterocycles. The second kappa shape index (κ2) is 21.1. The number of nitrogens with one attached hydrogen (secondary N) is 1. The lowest BCUT2D eigenvalue weighted by atomic mass is 9.12. The van der Waals surface area contributed by atoms with Crippen molar-refractivity contribution in [2.45, 2.75) is 78.6 Å². The van der Waals surface area contributed by atoms with Crippen molar-refractivity contribution < 1.29 is 92.7 Å². The molecule has 0 bridgehead atoms. The summed E-state index contributed by atoms with van der Waals surface area (Å²) in [6.07, 6.45) is 5.43. The lowest BCUT2D eigenvalue weighted by molar-refractivity contribution is -0.900. The molecule has 338 valence electrons. The average Bonchev–Trinajstić information content (AvgIpc) is 3.23. The molecule has 0 amide bonds. The summed E-state index contributed by atoms with van der Waals surface area (Å²) in [5, 5.41) is 0. The van der Waals surface area contributed by atoms with E-state index in [1.165, 1.54) is 77.4 Å². The average molecular weight is 907 g/mol. The molecule has 0 aliphatic carbocycles. The summed E-state index contributed by atoms with van der Waals surface area (Å²) in [6.45, 7) is 11.2. The van der Waals surface area contributed by atoms with E-state index in [0.717, 1.165) is 0 Å². The highest BCUT2D eigenvalue weighted by Gasteiger charge is 2.52. The monoisotopic (exact) mass is 907 g/mol. The highest BCUT2D eigenvalue weighted by Crippen LogP contribution is 2.30. The fourth-order valence-electron chi connectivity index (χ4n) is 7.12. The van der Waals surface area contributed by atoms with Crippen molar-refractivity contribution in [2.75, 3.05) is 19.6 Å². The number of benzene rings is 4. The Balaban J connectivity index is 0.000000525. The second-order valence-corrected chi connectivity index (χ2v) is 13.9. The van der Waals surface area contributed by atoms with Gasteiger partial charge in [0.25, 0.3) is 0 Å². The summed E-state index contributed by atoms with van der Waals surface area (Å²) in [5.41, 5.74) is -14.3. The SMILES string of the molecule is CCCCC[NH+](CCCCC)CCCCC.Fc1c(F)c(F)c([B-](c2c(F)c(F)c(F)c(F)c2F)(c2c(F)c(F)c(F)c(F)c2F)c2c(F)c(F)c(F)c(F)c2F)c(F)c1F. The first-order valence-electron chi connectivity index (χ1n) is 18.6. The van der Waals surface area contributed by atoms with Crippen LogP contribution in [0.3, 0.4) is 0 Å². The summed E-state index contributed by atoms with van der Waals surface area (Å²) in [4.78, 5) is 1.87. The van der Waals surface area contributed by atoms with Crippen LogP contribution in [0.15, 0.2) is 0 Å². The smallest absolute Gasteiger partial charge is 0.200 e. The Morgan fingerprint density at radius 3 is 0.541 bits per heavy atom. The van der Waals surface area contributed by atoms with Gasteiger partial charge in [-0.3, -0.25) is 0 Å². The molecule has 61 heavy (non-hydrogen) atoms. The molecule has 4 rings (SSSR count). The number of unbranched alkanes of at least 4 members (excludes halogenated alkanes) is 6. The van der Waals surface area contributed by atoms with Gasteiger partial charge in [0, 0.05) is 0 Å². The molecule has 0 heterocycles. The van der Waals surface area contributed by atoms with Gasteiger partial charge in [-0.1, -0.05) is 40.0 Å². The predicted octanol–water partition coefficient (Wildman–Crippen LogP) is 9.29. The quantitative estimate of drug-likeness (QED) is 0.0376. The molecular formula is C39H34BF20N. The van der Waals surface area contributed by atoms with Gasteiger partial charge < -0.3 is 4.90 Å². The van der Waals surface area contributed by atoms with E-state index in [1.54, 1.807) is 0 Å². The molecule has 0 saturated carbocycles. The molecule has 1 N–H and O–H groups in total. The van der Waals surface area contributed by atoms with E-state index in [1.807, 2.05) is 4.90 Å². The van der Waals surface area contributed by atoms with Crippen LogP contribution < -0.4 is 26.8 Å². The Kier molecular flexibility index (Phi) is 17.6. The second-order valence-electron chi connectivity index (χ2n) is 13.9. The van der Waals surface area contributed by atoms with Crippen LogP contribution in [0.25, 0.3) is 0 Å². The predicted molar refractivity (Wildman–Crippen MR) is 183 cm³/mol. The number of halogens is 20. The number of hydrogen-bond donors (Lipinski definition) is 1. The van der Waals surface area contributed by atoms with Gasteiger partial charge in [-0.2, -0.15) is 0 Å². The molecule has 4 aromatic rings. The zero-order valence-electron chi connectivity index (χ0n) is 32.1. The highest BCUT2D eigenvalue weighted by atomic mass is 19.2. The molecule has 0 unspecified atom stereocenters. The molecule has 0 atom stereocenters. The van der Waals surface area contributed by atoms with E-state index in [4.69, 9.17) is 0 Å². The van der Waals surface area contributed by atoms with Crippen molar-refractivity contribution in [2.24, 2.45) is 0 Å². The van der Waals surface area contributed by atoms with Crippen molar-refractivity contribution >= 4 is 28.0 Å². The first-order valence-corrected chi connectivity index (χ1v) is 18.6. The van der Waals surface area contributed by atoms with Crippen LogP contribution in [0.5, 0.6) is 0 Å². The molecule has 0 fully saturated rings. The van der Waals surface area contributed by atoms with Crippen molar-refractivity contribution in [1.82, 2.24) is 0 Å². The number of rotatable bonds is 16. The first-order chi connectivity index (χ1) is 28.5. The molecule has 0 aliphatic rings. The third-order valence-electron chi connectivity index (χ3n) is 10.1. The maximum Gasteiger partial charge on any atom is 0.200 e. The summed E-state index contributed by atoms with van der Waals surface area (Å²) < 4.78 is 294. The van der Waals surface area contributed by atoms with Crippen molar-refractivity contribution in [3.8, 4) is 0 Å². The van der Waals surface area contributed by atoms with Crippen LogP contribution in [0, 0.1) is 116 Å². The van der Waals surface area contributed by atoms with Crippen LogP contribution in [0.2, 0.25) is 0 Å². The van der Waals surface area contributed by atoms with Gasteiger partial charge >= 0.3 is 0 Å². The largest absolute Gasteiger partial charge is 0.335 e. The van der Waals surface area contributed by atoms with Gasteiger partial charge in [-0.15, -0.1) is 21.9 Å². The van der Waals surface area contributed by atoms with E-state index in [9.17, 15) is 52.7 Å². The highest BCUT2D eigenvalue weighted by molar-refractivity contribution is 7.20. The van der Waals surface area contributed by atoms with Crippen molar-refractivity contribution in [1.29, 1.82) is 0 Å². The van der Waals surface area contributed by atoms with E-state index < -0.39 is 144 Å². The van der Waals surface area contributed by atoms with Crippen molar-refractivity contribution in [3.63, 3.8) is 0 Å². The summed E-state index contributed by atoms with van der Waals surface area (Å²) in [7, 11) is 0. The lowest BCUT2D eigenvalue weighted by Gasteiger charge is -2.44. The standard InChI is InChI=1S/C24BF20.C15H33N/c26-5-1(6(27)14(35)21(42)13(5)34)25(2-7(28)15(36)22(43)16(37)8(2)29,3-9(30)17(38)23(44)18(39)10(3)31)4-11(32)19(40)24(45)20(41)12(4)33;1-4-7-10-13-16(14-11-8-5-2)15-12-9-6-3/h;4-15H2,1-3H3/q-1;/p+1. The molecule has 0 aromatic heterocycles. The van der Waals surface area contributed by atoms with Crippen molar-refractivity contribution in [3.05, 3.63) is 116 Å². The summed E-state index contributed by atoms with van der Waals surface area (Å²) in [5.74, 6) is -71.4. The molecule has 22 heteroatoms. The van der Waals surface area contributed by atoms with Gasteiger partial charge in [0.15, 0.2) is 69.8 Å². The van der Waals surface area contributed by atoms with E-state index in [2.05, 4.69) is 20.8 Å². The van der Waals surface area contributed by atoms with E-state index in [0.29, 0.717) is 0 Å². The van der Waals surface area contributed by atoms with Gasteiger partial charge in [-0.25, -0.2) is 87.8 Å². The minimum atomic E-state index is -7.22. The number of hydrogen-bond acceptors (Lipinski definition) is 0. The van der Waals surface area contributed by atoms with Crippen LogP contribution in [-0.2, 0) is 0 Å². The Bertz CT molecular complexity index is 1820. The van der Waals surface area contributed by atoms with E-state index in [-0.39, 0.29) is 0 Å². The zero-order valence-corrected chi connectivity index (χ0v) is 32.1. The molecule has 0 aliphatic heterocycles. The maximum absolute atomic E-state index is 15.4. The Hall–Kier alpha value is -4.50. The van der Waals surface area contributed by atoms with Gasteiger partial charge in [0.05, 0.1) is 19.6 Å². The Morgan fingerprint density at radius 1 is 0.246 bits per heavy atom. The van der Waals surface area contributed by atoms with Crippen LogP contribution in [0.4, 0.5) is 87.8 Å². The third kappa shape index (κ3) is 9.33. The fraction of sp³-hybridized carbons (Fsp3) is 0.385. The topological polar surface area (TPSA) is 4.44 Å². The molecule has 4 aromatic carbocycles. The fourth-order valence-corrected chi connectivity index (χ4v) is 7.12. The van der Waals surface area contributed by atoms with Gasteiger partial charge in [-0.05, 0) is 38.5 Å². The molecule has 1 nitrogen and oxygen atoms in total. The van der Waals surface area contributed by atoms with Gasteiger partial charge in [0.2, 0.25) is 0 Å². The minimum Gasteiger partial charge on any atom is -0.335 e. The lowest BCUT2D eigenvalue weighted by Crippen LogP contribution is -3.12. The molecule has 0 radical (unpaired) electrons. The first kappa shape index (κ1) is 50.9. The normalized spacial score (nSPS) is 11.8. The zero-order chi connectivity index (χ0) is 46.4. The van der Waals surface area contributed by atoms with Crippen LogP contribution in [0.1, 0.15) is 78.6 Å². The third-order valence-corrected chi connectivity index (χ3v) is 10.1. The Morgan fingerprint density at radius 2 is 0.393 bits per heavy atom. The minimum absolute atomic E-state index is 1.36. The molecule has 0 spiro atoms. The van der Waals surface area contributed by atoms with E-state index >= 15 is 35.1 Å². The number of quaternary nitrogens is 1. The summed E-state index contributed by atoms with van der Waals surface area (Å²) >= 11 is 0. The summed E-state index contributed by atoms with van der Waals surface area (Å²) in [6, 6.07) is 0. The Labute approximate surface area is 335 Å². The molecular weight excluding hydrogens is 873 g/mol. The van der Waals surface area contributed by atoms with Crippen LogP contribution in [-0.4, -0.2) is 25.8 Å². The maximum atomic E-state index is 15.4. The van der Waals surface area contributed by atoms with Gasteiger partial charge in [0.1, 0.15) is 52.7 Å².